The number of piperidine rings is 1. The minimum atomic E-state index is 0.0245. The van der Waals surface area contributed by atoms with Gasteiger partial charge in [0.25, 0.3) is 5.91 Å². The summed E-state index contributed by atoms with van der Waals surface area (Å²) in [6.45, 7) is 1.50. The van der Waals surface area contributed by atoms with Gasteiger partial charge in [-0.1, -0.05) is 18.2 Å². The van der Waals surface area contributed by atoms with Gasteiger partial charge in [-0.05, 0) is 55.2 Å². The molecule has 4 heteroatoms. The monoisotopic (exact) mass is 320 g/mol. The van der Waals surface area contributed by atoms with Crippen LogP contribution in [0.2, 0.25) is 0 Å². The maximum atomic E-state index is 12.8. The largest absolute Gasteiger partial charge is 0.312 e. The Labute approximate surface area is 141 Å². The molecule has 0 saturated carbocycles. The van der Waals surface area contributed by atoms with Crippen molar-refractivity contribution in [3.8, 4) is 0 Å². The first-order valence-corrected chi connectivity index (χ1v) is 8.54. The second-order valence-electron chi connectivity index (χ2n) is 6.38. The average Bonchev–Trinajstić information content (AvgIpc) is 3.06. The second-order valence-corrected chi connectivity index (χ2v) is 6.38. The number of rotatable bonds is 2. The van der Waals surface area contributed by atoms with Gasteiger partial charge in [0, 0.05) is 36.4 Å². The number of hydrogen-bond donors (Lipinski definition) is 0. The number of nitrogens with zero attached hydrogens (tertiary/aromatic N) is 2. The number of para-hydroxylation sites is 1. The van der Waals surface area contributed by atoms with Gasteiger partial charge in [-0.15, -0.1) is 0 Å². The fourth-order valence-corrected chi connectivity index (χ4v) is 3.57. The van der Waals surface area contributed by atoms with Crippen LogP contribution in [0.4, 0.5) is 11.4 Å². The molecule has 0 atom stereocenters. The van der Waals surface area contributed by atoms with E-state index in [0.717, 1.165) is 43.7 Å². The van der Waals surface area contributed by atoms with Crippen LogP contribution in [0.3, 0.4) is 0 Å². The zero-order chi connectivity index (χ0) is 16.5. The zero-order valence-corrected chi connectivity index (χ0v) is 13.6. The fraction of sp³-hybridized carbons (Fsp3) is 0.300. The highest BCUT2D eigenvalue weighted by Crippen LogP contribution is 2.29. The topological polar surface area (TPSA) is 40.6 Å². The molecular formula is C20H20N2O2. The third-order valence-corrected chi connectivity index (χ3v) is 4.88. The van der Waals surface area contributed by atoms with Crippen molar-refractivity contribution in [3.63, 3.8) is 0 Å². The minimum Gasteiger partial charge on any atom is -0.312 e. The Bertz CT molecular complexity index is 782. The number of benzene rings is 2. The highest BCUT2D eigenvalue weighted by Gasteiger charge is 2.25. The van der Waals surface area contributed by atoms with Crippen molar-refractivity contribution in [2.75, 3.05) is 22.9 Å². The van der Waals surface area contributed by atoms with E-state index >= 15 is 0 Å². The molecule has 24 heavy (non-hydrogen) atoms. The molecule has 4 rings (SSSR count). The Morgan fingerprint density at radius 3 is 2.46 bits per heavy atom. The average molecular weight is 320 g/mol. The first-order chi connectivity index (χ1) is 11.7. The molecule has 2 amide bonds. The van der Waals surface area contributed by atoms with Gasteiger partial charge in [0.05, 0.1) is 0 Å². The summed E-state index contributed by atoms with van der Waals surface area (Å²) < 4.78 is 0. The highest BCUT2D eigenvalue weighted by atomic mass is 16.2. The molecule has 1 fully saturated rings. The summed E-state index contributed by atoms with van der Waals surface area (Å²) in [5.74, 6) is 0.199. The molecular weight excluding hydrogens is 300 g/mol. The predicted octanol–water partition coefficient (Wildman–Crippen LogP) is 3.41. The lowest BCUT2D eigenvalue weighted by Gasteiger charge is -2.27. The fourth-order valence-electron chi connectivity index (χ4n) is 3.57. The molecule has 0 bridgehead atoms. The van der Waals surface area contributed by atoms with Crippen LogP contribution in [0.25, 0.3) is 0 Å². The lowest BCUT2D eigenvalue weighted by molar-refractivity contribution is -0.119. The van der Waals surface area contributed by atoms with Gasteiger partial charge < -0.3 is 9.80 Å². The highest BCUT2D eigenvalue weighted by molar-refractivity contribution is 6.07. The van der Waals surface area contributed by atoms with Crippen LogP contribution in [0.15, 0.2) is 48.5 Å². The summed E-state index contributed by atoms with van der Waals surface area (Å²) in [5, 5.41) is 0. The van der Waals surface area contributed by atoms with E-state index in [1.165, 1.54) is 5.56 Å². The molecule has 0 aliphatic carbocycles. The first-order valence-electron chi connectivity index (χ1n) is 8.54. The molecule has 0 aromatic heterocycles. The predicted molar refractivity (Wildman–Crippen MR) is 94.5 cm³/mol. The van der Waals surface area contributed by atoms with Crippen molar-refractivity contribution >= 4 is 23.2 Å². The summed E-state index contributed by atoms with van der Waals surface area (Å²) in [6.07, 6.45) is 3.53. The molecule has 0 radical (unpaired) electrons. The van der Waals surface area contributed by atoms with E-state index in [2.05, 4.69) is 6.07 Å². The van der Waals surface area contributed by atoms with Gasteiger partial charge in [0.1, 0.15) is 0 Å². The Morgan fingerprint density at radius 2 is 1.67 bits per heavy atom. The molecule has 2 aromatic carbocycles. The summed E-state index contributed by atoms with van der Waals surface area (Å²) in [5.41, 5.74) is 3.79. The molecule has 0 N–H and O–H groups in total. The van der Waals surface area contributed by atoms with E-state index in [1.54, 1.807) is 0 Å². The van der Waals surface area contributed by atoms with Gasteiger partial charge in [-0.3, -0.25) is 9.59 Å². The molecule has 122 valence electrons. The molecule has 0 unspecified atom stereocenters. The van der Waals surface area contributed by atoms with Crippen LogP contribution in [0.5, 0.6) is 0 Å². The summed E-state index contributed by atoms with van der Waals surface area (Å²) >= 11 is 0. The van der Waals surface area contributed by atoms with Crippen molar-refractivity contribution in [2.45, 2.75) is 25.7 Å². The Kier molecular flexibility index (Phi) is 3.81. The Balaban J connectivity index is 1.55. The number of carbonyl (C=O) groups is 2. The third-order valence-electron chi connectivity index (χ3n) is 4.88. The van der Waals surface area contributed by atoms with E-state index in [0.29, 0.717) is 12.0 Å². The number of amides is 2. The number of hydrogen-bond acceptors (Lipinski definition) is 2. The van der Waals surface area contributed by atoms with Crippen molar-refractivity contribution in [3.05, 3.63) is 59.7 Å². The van der Waals surface area contributed by atoms with Crippen molar-refractivity contribution in [1.29, 1.82) is 0 Å². The number of anilines is 2. The summed E-state index contributed by atoms with van der Waals surface area (Å²) in [4.78, 5) is 28.5. The van der Waals surface area contributed by atoms with Gasteiger partial charge in [0.15, 0.2) is 0 Å². The van der Waals surface area contributed by atoms with Gasteiger partial charge >= 0.3 is 0 Å². The van der Waals surface area contributed by atoms with Gasteiger partial charge in [-0.2, -0.15) is 0 Å². The quantitative estimate of drug-likeness (QED) is 0.851. The van der Waals surface area contributed by atoms with E-state index in [4.69, 9.17) is 0 Å². The summed E-state index contributed by atoms with van der Waals surface area (Å²) in [7, 11) is 0. The standard InChI is InChI=1S/C20H20N2O2/c23-19-7-3-4-13-21(19)17-10-8-16(9-11-17)20(24)22-14-12-15-5-1-2-6-18(15)22/h1-2,5-6,8-11H,3-4,7,12-14H2. The zero-order valence-electron chi connectivity index (χ0n) is 13.6. The maximum Gasteiger partial charge on any atom is 0.258 e. The normalized spacial score (nSPS) is 17.1. The third kappa shape index (κ3) is 2.58. The van der Waals surface area contributed by atoms with Crippen molar-refractivity contribution in [1.82, 2.24) is 0 Å². The van der Waals surface area contributed by atoms with Crippen LogP contribution < -0.4 is 9.80 Å². The summed E-state index contributed by atoms with van der Waals surface area (Å²) in [6, 6.07) is 15.5. The van der Waals surface area contributed by atoms with E-state index < -0.39 is 0 Å². The first kappa shape index (κ1) is 14.9. The lowest BCUT2D eigenvalue weighted by Crippen LogP contribution is -2.35. The van der Waals surface area contributed by atoms with Gasteiger partial charge in [0.2, 0.25) is 5.91 Å². The minimum absolute atomic E-state index is 0.0245. The van der Waals surface area contributed by atoms with Crippen LogP contribution in [-0.4, -0.2) is 24.9 Å². The Morgan fingerprint density at radius 1 is 0.875 bits per heavy atom. The van der Waals surface area contributed by atoms with Crippen LogP contribution >= 0.6 is 0 Å². The molecule has 4 nitrogen and oxygen atoms in total. The molecule has 2 aromatic rings. The van der Waals surface area contributed by atoms with E-state index in [-0.39, 0.29) is 11.8 Å². The SMILES string of the molecule is O=C1CCCCN1c1ccc(C(=O)N2CCc3ccccc32)cc1. The maximum absolute atomic E-state index is 12.8. The number of fused-ring (bicyclic) bond motifs is 1. The molecule has 0 spiro atoms. The van der Waals surface area contributed by atoms with E-state index in [9.17, 15) is 9.59 Å². The Hall–Kier alpha value is -2.62. The molecule has 2 heterocycles. The van der Waals surface area contributed by atoms with Crippen LogP contribution in [0.1, 0.15) is 35.2 Å². The molecule has 2 aliphatic rings. The smallest absolute Gasteiger partial charge is 0.258 e. The van der Waals surface area contributed by atoms with E-state index in [1.807, 2.05) is 52.3 Å². The van der Waals surface area contributed by atoms with Crippen LogP contribution in [0, 0.1) is 0 Å². The molecule has 2 aliphatic heterocycles. The number of carbonyl (C=O) groups excluding carboxylic acids is 2. The second kappa shape index (κ2) is 6.11. The van der Waals surface area contributed by atoms with Gasteiger partial charge in [-0.25, -0.2) is 0 Å². The lowest BCUT2D eigenvalue weighted by atomic mass is 10.1. The van der Waals surface area contributed by atoms with Crippen molar-refractivity contribution in [2.24, 2.45) is 0 Å². The van der Waals surface area contributed by atoms with Crippen LogP contribution in [-0.2, 0) is 11.2 Å². The van der Waals surface area contributed by atoms with Crippen molar-refractivity contribution < 1.29 is 9.59 Å². The molecule has 1 saturated heterocycles.